The van der Waals surface area contributed by atoms with Crippen molar-refractivity contribution in [3.05, 3.63) is 54.3 Å². The van der Waals surface area contributed by atoms with Gasteiger partial charge in [-0.1, -0.05) is 6.92 Å². The van der Waals surface area contributed by atoms with Gasteiger partial charge in [-0.2, -0.15) is 0 Å². The van der Waals surface area contributed by atoms with Gasteiger partial charge in [0.1, 0.15) is 11.9 Å². The number of hydrogen-bond donors (Lipinski definition) is 3. The molecule has 3 N–H and O–H groups in total. The molecule has 26 heavy (non-hydrogen) atoms. The molecule has 0 heterocycles. The van der Waals surface area contributed by atoms with Crippen molar-refractivity contribution in [2.75, 3.05) is 16.0 Å². The summed E-state index contributed by atoms with van der Waals surface area (Å²) < 4.78 is 12.9. The summed E-state index contributed by atoms with van der Waals surface area (Å²) in [6.45, 7) is 1.91. The molecule has 0 spiro atoms. The van der Waals surface area contributed by atoms with Gasteiger partial charge in [0.2, 0.25) is 11.8 Å². The third-order valence-electron chi connectivity index (χ3n) is 4.28. The van der Waals surface area contributed by atoms with Crippen LogP contribution in [0.3, 0.4) is 0 Å². The average Bonchev–Trinajstić information content (AvgIpc) is 3.48. The number of hydrogen-bond acceptors (Lipinski definition) is 3. The lowest BCUT2D eigenvalue weighted by atomic mass is 10.1. The molecule has 1 saturated carbocycles. The van der Waals surface area contributed by atoms with Gasteiger partial charge in [-0.25, -0.2) is 4.39 Å². The lowest BCUT2D eigenvalue weighted by Gasteiger charge is -2.18. The second kappa shape index (κ2) is 7.99. The van der Waals surface area contributed by atoms with Gasteiger partial charge >= 0.3 is 0 Å². The maximum Gasteiger partial charge on any atom is 0.246 e. The van der Waals surface area contributed by atoms with Crippen molar-refractivity contribution in [3.8, 4) is 0 Å². The third-order valence-corrected chi connectivity index (χ3v) is 4.28. The molecule has 0 aromatic heterocycles. The predicted molar refractivity (Wildman–Crippen MR) is 101 cm³/mol. The molecule has 136 valence electrons. The van der Waals surface area contributed by atoms with Crippen LogP contribution in [0, 0.1) is 11.7 Å². The molecular formula is C20H22FN3O2. The number of carbonyl (C=O) groups excluding carboxylic acids is 2. The van der Waals surface area contributed by atoms with Gasteiger partial charge < -0.3 is 16.0 Å². The fourth-order valence-electron chi connectivity index (χ4n) is 2.56. The quantitative estimate of drug-likeness (QED) is 0.703. The Bertz CT molecular complexity index is 771. The van der Waals surface area contributed by atoms with Crippen molar-refractivity contribution in [1.29, 1.82) is 0 Å². The zero-order valence-corrected chi connectivity index (χ0v) is 14.6. The molecule has 1 fully saturated rings. The summed E-state index contributed by atoms with van der Waals surface area (Å²) in [5.41, 5.74) is 2.08. The first-order valence-corrected chi connectivity index (χ1v) is 8.79. The van der Waals surface area contributed by atoms with Gasteiger partial charge in [0.05, 0.1) is 0 Å². The van der Waals surface area contributed by atoms with Gasteiger partial charge in [-0.05, 0) is 67.8 Å². The Morgan fingerprint density at radius 1 is 0.962 bits per heavy atom. The highest BCUT2D eigenvalue weighted by molar-refractivity contribution is 5.97. The summed E-state index contributed by atoms with van der Waals surface area (Å²) in [5.74, 6) is -0.310. The summed E-state index contributed by atoms with van der Waals surface area (Å²) in [4.78, 5) is 24.2. The van der Waals surface area contributed by atoms with E-state index >= 15 is 0 Å². The van der Waals surface area contributed by atoms with Crippen LogP contribution in [-0.2, 0) is 9.59 Å². The smallest absolute Gasteiger partial charge is 0.246 e. The van der Waals surface area contributed by atoms with Crippen molar-refractivity contribution in [2.45, 2.75) is 32.2 Å². The molecule has 0 radical (unpaired) electrons. The Hall–Kier alpha value is -2.89. The van der Waals surface area contributed by atoms with Crippen LogP contribution < -0.4 is 16.0 Å². The van der Waals surface area contributed by atoms with Gasteiger partial charge in [0, 0.05) is 23.0 Å². The van der Waals surface area contributed by atoms with E-state index in [0.29, 0.717) is 12.1 Å². The van der Waals surface area contributed by atoms with Crippen LogP contribution in [-0.4, -0.2) is 17.9 Å². The lowest BCUT2D eigenvalue weighted by molar-refractivity contribution is -0.117. The highest BCUT2D eigenvalue weighted by Crippen LogP contribution is 2.30. The summed E-state index contributed by atoms with van der Waals surface area (Å²) in [6.07, 6.45) is 2.52. The molecule has 1 aliphatic rings. The molecule has 2 amide bonds. The van der Waals surface area contributed by atoms with E-state index in [4.69, 9.17) is 0 Å². The molecule has 3 rings (SSSR count). The first-order valence-electron chi connectivity index (χ1n) is 8.79. The zero-order chi connectivity index (χ0) is 18.5. The minimum absolute atomic E-state index is 0.0656. The average molecular weight is 355 g/mol. The third kappa shape index (κ3) is 4.81. The fourth-order valence-corrected chi connectivity index (χ4v) is 2.56. The van der Waals surface area contributed by atoms with E-state index in [2.05, 4.69) is 16.0 Å². The zero-order valence-electron chi connectivity index (χ0n) is 14.6. The number of nitrogens with one attached hydrogen (secondary N) is 3. The predicted octanol–water partition coefficient (Wildman–Crippen LogP) is 4.00. The standard InChI is InChI=1S/C20H22FN3O2/c1-2-18(20(26)24-16-7-5-14(21)6-8-16)22-15-9-11-17(12-10-15)23-19(25)13-3-4-13/h5-13,18,22H,2-4H2,1H3,(H,23,25)(H,24,26). The van der Waals surface area contributed by atoms with Crippen molar-refractivity contribution >= 4 is 28.9 Å². The second-order valence-electron chi connectivity index (χ2n) is 6.44. The largest absolute Gasteiger partial charge is 0.374 e. The molecule has 1 atom stereocenters. The number of carbonyl (C=O) groups is 2. The van der Waals surface area contributed by atoms with Gasteiger partial charge in [-0.3, -0.25) is 9.59 Å². The number of amides is 2. The number of rotatable bonds is 7. The Morgan fingerprint density at radius 2 is 1.50 bits per heavy atom. The molecule has 2 aromatic carbocycles. The van der Waals surface area contributed by atoms with Crippen LogP contribution in [0.2, 0.25) is 0 Å². The number of benzene rings is 2. The number of halogens is 1. The monoisotopic (exact) mass is 355 g/mol. The van der Waals surface area contributed by atoms with E-state index in [1.165, 1.54) is 24.3 Å². The van der Waals surface area contributed by atoms with E-state index in [9.17, 15) is 14.0 Å². The molecule has 0 bridgehead atoms. The minimum Gasteiger partial charge on any atom is -0.374 e. The molecule has 1 unspecified atom stereocenters. The van der Waals surface area contributed by atoms with E-state index in [-0.39, 0.29) is 23.5 Å². The van der Waals surface area contributed by atoms with Crippen LogP contribution in [0.25, 0.3) is 0 Å². The van der Waals surface area contributed by atoms with Crippen LogP contribution in [0.4, 0.5) is 21.5 Å². The first-order chi connectivity index (χ1) is 12.5. The number of anilines is 3. The highest BCUT2D eigenvalue weighted by Gasteiger charge is 2.29. The van der Waals surface area contributed by atoms with E-state index < -0.39 is 6.04 Å². The minimum atomic E-state index is -0.424. The Morgan fingerprint density at radius 3 is 2.08 bits per heavy atom. The van der Waals surface area contributed by atoms with Crippen LogP contribution >= 0.6 is 0 Å². The topological polar surface area (TPSA) is 70.2 Å². The van der Waals surface area contributed by atoms with Crippen LogP contribution in [0.15, 0.2) is 48.5 Å². The van der Waals surface area contributed by atoms with Crippen molar-refractivity contribution < 1.29 is 14.0 Å². The molecule has 0 aliphatic heterocycles. The van der Waals surface area contributed by atoms with Gasteiger partial charge in [0.25, 0.3) is 0 Å². The Balaban J connectivity index is 1.57. The van der Waals surface area contributed by atoms with Crippen molar-refractivity contribution in [3.63, 3.8) is 0 Å². The Labute approximate surface area is 152 Å². The summed E-state index contributed by atoms with van der Waals surface area (Å²) in [5, 5.41) is 8.83. The summed E-state index contributed by atoms with van der Waals surface area (Å²) >= 11 is 0. The van der Waals surface area contributed by atoms with Gasteiger partial charge in [-0.15, -0.1) is 0 Å². The van der Waals surface area contributed by atoms with Crippen LogP contribution in [0.5, 0.6) is 0 Å². The normalized spacial score (nSPS) is 14.4. The molecule has 6 heteroatoms. The lowest BCUT2D eigenvalue weighted by Crippen LogP contribution is -2.34. The maximum absolute atomic E-state index is 12.9. The highest BCUT2D eigenvalue weighted by atomic mass is 19.1. The van der Waals surface area contributed by atoms with E-state index in [1.54, 1.807) is 0 Å². The first kappa shape index (κ1) is 17.9. The molecule has 1 aliphatic carbocycles. The summed E-state index contributed by atoms with van der Waals surface area (Å²) in [6, 6.07) is 12.5. The van der Waals surface area contributed by atoms with Gasteiger partial charge in [0.15, 0.2) is 0 Å². The SMILES string of the molecule is CCC(Nc1ccc(NC(=O)C2CC2)cc1)C(=O)Nc1ccc(F)cc1. The fraction of sp³-hybridized carbons (Fsp3) is 0.300. The maximum atomic E-state index is 12.9. The molecule has 2 aromatic rings. The Kier molecular flexibility index (Phi) is 5.51. The van der Waals surface area contributed by atoms with E-state index in [1.807, 2.05) is 31.2 Å². The molecule has 0 saturated heterocycles. The van der Waals surface area contributed by atoms with Crippen molar-refractivity contribution in [1.82, 2.24) is 0 Å². The molecular weight excluding hydrogens is 333 g/mol. The van der Waals surface area contributed by atoms with Crippen LogP contribution in [0.1, 0.15) is 26.2 Å². The second-order valence-corrected chi connectivity index (χ2v) is 6.44. The van der Waals surface area contributed by atoms with Crippen molar-refractivity contribution in [2.24, 2.45) is 5.92 Å². The molecule has 5 nitrogen and oxygen atoms in total. The van der Waals surface area contributed by atoms with E-state index in [0.717, 1.165) is 24.2 Å². The summed E-state index contributed by atoms with van der Waals surface area (Å²) in [7, 11) is 0.